The summed E-state index contributed by atoms with van der Waals surface area (Å²) in [6.45, 7) is 2.22. The molecule has 8 nitrogen and oxygen atoms in total. The molecule has 0 saturated heterocycles. The minimum absolute atomic E-state index is 0.0198. The van der Waals surface area contributed by atoms with Gasteiger partial charge in [-0.1, -0.05) is 18.5 Å². The van der Waals surface area contributed by atoms with Crippen LogP contribution in [0.15, 0.2) is 47.4 Å². The van der Waals surface area contributed by atoms with Gasteiger partial charge in [0.05, 0.1) is 10.6 Å². The standard InChI is InChI=1S/C23H20ClN5O3S2/c1-12-2-7-17-14(10-12)11-16-20(25)22(33-23(16)26-17)21(30)13-3-5-15(6-4-13)34(31,32)29-19-9-8-18(24)27-28-19/h3-6,8-9,11-12H,2,7,10,25H2,1H3,(H,28,29). The van der Waals surface area contributed by atoms with E-state index in [1.807, 2.05) is 0 Å². The minimum Gasteiger partial charge on any atom is -0.397 e. The van der Waals surface area contributed by atoms with Crippen LogP contribution >= 0.6 is 22.9 Å². The summed E-state index contributed by atoms with van der Waals surface area (Å²) in [7, 11) is -3.91. The molecule has 4 aromatic rings. The van der Waals surface area contributed by atoms with E-state index >= 15 is 0 Å². The maximum Gasteiger partial charge on any atom is 0.263 e. The Morgan fingerprint density at radius 1 is 1.18 bits per heavy atom. The van der Waals surface area contributed by atoms with E-state index in [-0.39, 0.29) is 21.6 Å². The molecule has 3 N–H and O–H groups in total. The number of aryl methyl sites for hydroxylation is 1. The Hall–Kier alpha value is -3.08. The number of carbonyl (C=O) groups excluding carboxylic acids is 1. The fraction of sp³-hybridized carbons (Fsp3) is 0.217. The number of nitrogens with zero attached hydrogens (tertiary/aromatic N) is 3. The summed E-state index contributed by atoms with van der Waals surface area (Å²) in [6.07, 6.45) is 2.99. The predicted octanol–water partition coefficient (Wildman–Crippen LogP) is 4.48. The number of rotatable bonds is 5. The molecule has 0 amide bonds. The average Bonchev–Trinajstić information content (AvgIpc) is 3.14. The van der Waals surface area contributed by atoms with Gasteiger partial charge in [-0.15, -0.1) is 21.5 Å². The zero-order valence-corrected chi connectivity index (χ0v) is 20.5. The number of sulfonamides is 1. The molecule has 1 aromatic carbocycles. The Morgan fingerprint density at radius 3 is 2.65 bits per heavy atom. The van der Waals surface area contributed by atoms with Crippen LogP contribution in [0.25, 0.3) is 10.2 Å². The van der Waals surface area contributed by atoms with Gasteiger partial charge in [0.1, 0.15) is 9.71 Å². The first kappa shape index (κ1) is 22.7. The minimum atomic E-state index is -3.91. The highest BCUT2D eigenvalue weighted by molar-refractivity contribution is 7.92. The molecule has 0 saturated carbocycles. The lowest BCUT2D eigenvalue weighted by atomic mass is 9.87. The Kier molecular flexibility index (Phi) is 5.75. The molecule has 34 heavy (non-hydrogen) atoms. The predicted molar refractivity (Wildman–Crippen MR) is 133 cm³/mol. The third kappa shape index (κ3) is 4.24. The number of hydrogen-bond acceptors (Lipinski definition) is 8. The van der Waals surface area contributed by atoms with Gasteiger partial charge in [-0.05, 0) is 73.2 Å². The van der Waals surface area contributed by atoms with Crippen LogP contribution in [0, 0.1) is 5.92 Å². The Balaban J connectivity index is 1.42. The van der Waals surface area contributed by atoms with Crippen molar-refractivity contribution in [2.45, 2.75) is 31.1 Å². The highest BCUT2D eigenvalue weighted by atomic mass is 35.5. The van der Waals surface area contributed by atoms with E-state index in [0.717, 1.165) is 35.2 Å². The number of carbonyl (C=O) groups is 1. The molecule has 1 atom stereocenters. The van der Waals surface area contributed by atoms with E-state index in [0.29, 0.717) is 22.0 Å². The summed E-state index contributed by atoms with van der Waals surface area (Å²) in [5, 5.41) is 8.25. The van der Waals surface area contributed by atoms with Crippen molar-refractivity contribution < 1.29 is 13.2 Å². The second kappa shape index (κ2) is 8.61. The molecule has 0 spiro atoms. The number of halogens is 1. The van der Waals surface area contributed by atoms with Gasteiger partial charge in [0.2, 0.25) is 5.78 Å². The third-order valence-corrected chi connectivity index (χ3v) is 8.52. The van der Waals surface area contributed by atoms with E-state index in [2.05, 4.69) is 27.9 Å². The van der Waals surface area contributed by atoms with Gasteiger partial charge in [-0.25, -0.2) is 13.4 Å². The van der Waals surface area contributed by atoms with Crippen LogP contribution in [-0.4, -0.2) is 29.4 Å². The first-order valence-corrected chi connectivity index (χ1v) is 13.3. The van der Waals surface area contributed by atoms with Gasteiger partial charge in [-0.2, -0.15) is 0 Å². The molecule has 5 rings (SSSR count). The number of nitrogen functional groups attached to an aromatic ring is 1. The van der Waals surface area contributed by atoms with Crippen molar-refractivity contribution in [1.29, 1.82) is 0 Å². The van der Waals surface area contributed by atoms with Gasteiger partial charge in [0.25, 0.3) is 10.0 Å². The quantitative estimate of drug-likeness (QED) is 0.376. The van der Waals surface area contributed by atoms with Gasteiger partial charge in [0, 0.05) is 16.6 Å². The Labute approximate surface area is 205 Å². The Bertz CT molecular complexity index is 1520. The topological polar surface area (TPSA) is 128 Å². The zero-order valence-electron chi connectivity index (χ0n) is 18.1. The number of pyridine rings is 1. The lowest BCUT2D eigenvalue weighted by molar-refractivity contribution is 0.104. The van der Waals surface area contributed by atoms with Crippen molar-refractivity contribution in [2.24, 2.45) is 5.92 Å². The molecule has 1 aliphatic rings. The van der Waals surface area contributed by atoms with Crippen LogP contribution in [0.3, 0.4) is 0 Å². The highest BCUT2D eigenvalue weighted by Crippen LogP contribution is 2.37. The van der Waals surface area contributed by atoms with Crippen molar-refractivity contribution in [1.82, 2.24) is 15.2 Å². The fourth-order valence-corrected chi connectivity index (χ4v) is 6.18. The van der Waals surface area contributed by atoms with E-state index < -0.39 is 10.0 Å². The highest BCUT2D eigenvalue weighted by Gasteiger charge is 2.23. The van der Waals surface area contributed by atoms with Crippen molar-refractivity contribution in [3.8, 4) is 0 Å². The first-order chi connectivity index (χ1) is 16.2. The maximum atomic E-state index is 13.2. The van der Waals surface area contributed by atoms with Crippen LogP contribution in [0.2, 0.25) is 5.15 Å². The second-order valence-electron chi connectivity index (χ2n) is 8.34. The first-order valence-electron chi connectivity index (χ1n) is 10.6. The second-order valence-corrected chi connectivity index (χ2v) is 11.4. The lowest BCUT2D eigenvalue weighted by Gasteiger charge is -2.20. The van der Waals surface area contributed by atoms with Crippen LogP contribution in [0.4, 0.5) is 11.5 Å². The molecule has 1 aliphatic carbocycles. The molecule has 0 aliphatic heterocycles. The molecule has 0 bridgehead atoms. The molecular weight excluding hydrogens is 494 g/mol. The third-order valence-electron chi connectivity index (χ3n) is 5.84. The van der Waals surface area contributed by atoms with Gasteiger partial charge in [-0.3, -0.25) is 9.52 Å². The summed E-state index contributed by atoms with van der Waals surface area (Å²) >= 11 is 6.95. The molecule has 3 heterocycles. The number of anilines is 2. The summed E-state index contributed by atoms with van der Waals surface area (Å²) < 4.78 is 27.6. The molecule has 1 unspecified atom stereocenters. The van der Waals surface area contributed by atoms with Crippen molar-refractivity contribution in [3.63, 3.8) is 0 Å². The number of aromatic nitrogens is 3. The molecule has 174 valence electrons. The fourth-order valence-electron chi connectivity index (χ4n) is 4.02. The number of benzene rings is 1. The van der Waals surface area contributed by atoms with Gasteiger partial charge >= 0.3 is 0 Å². The van der Waals surface area contributed by atoms with Crippen LogP contribution in [0.5, 0.6) is 0 Å². The smallest absolute Gasteiger partial charge is 0.263 e. The summed E-state index contributed by atoms with van der Waals surface area (Å²) in [5.74, 6) is 0.364. The summed E-state index contributed by atoms with van der Waals surface area (Å²) in [6, 6.07) is 10.6. The normalized spacial score (nSPS) is 15.8. The zero-order chi connectivity index (χ0) is 24.0. The van der Waals surface area contributed by atoms with Crippen LogP contribution in [-0.2, 0) is 22.9 Å². The molecule has 0 radical (unpaired) electrons. The maximum absolute atomic E-state index is 13.2. The molecule has 11 heteroatoms. The Morgan fingerprint density at radius 2 is 1.94 bits per heavy atom. The number of hydrogen-bond donors (Lipinski definition) is 2. The number of fused-ring (bicyclic) bond motifs is 2. The monoisotopic (exact) mass is 513 g/mol. The summed E-state index contributed by atoms with van der Waals surface area (Å²) in [4.78, 5) is 19.1. The molecule has 0 fully saturated rings. The van der Waals surface area contributed by atoms with Gasteiger partial charge in [0.15, 0.2) is 11.0 Å². The van der Waals surface area contributed by atoms with Crippen molar-refractivity contribution >= 4 is 60.5 Å². The SMILES string of the molecule is CC1CCc2nc3sc(C(=O)c4ccc(S(=O)(=O)Nc5ccc(Cl)nn5)cc4)c(N)c3cc2C1. The number of nitrogens with two attached hydrogens (primary N) is 1. The molecular formula is C23H20ClN5O3S2. The number of nitrogens with one attached hydrogen (secondary N) is 1. The number of thiophene rings is 1. The lowest BCUT2D eigenvalue weighted by Crippen LogP contribution is -2.14. The van der Waals surface area contributed by atoms with E-state index in [9.17, 15) is 13.2 Å². The van der Waals surface area contributed by atoms with Crippen LogP contribution < -0.4 is 10.5 Å². The van der Waals surface area contributed by atoms with Crippen molar-refractivity contribution in [3.05, 3.63) is 69.3 Å². The van der Waals surface area contributed by atoms with E-state index in [1.54, 1.807) is 0 Å². The number of ketones is 1. The van der Waals surface area contributed by atoms with E-state index in [4.69, 9.17) is 22.3 Å². The average molecular weight is 514 g/mol. The van der Waals surface area contributed by atoms with Crippen molar-refractivity contribution in [2.75, 3.05) is 10.5 Å². The molecule has 3 aromatic heterocycles. The van der Waals surface area contributed by atoms with E-state index in [1.165, 1.54) is 53.3 Å². The van der Waals surface area contributed by atoms with Crippen LogP contribution in [0.1, 0.15) is 39.8 Å². The largest absolute Gasteiger partial charge is 0.397 e. The van der Waals surface area contributed by atoms with Gasteiger partial charge < -0.3 is 5.73 Å². The summed E-state index contributed by atoms with van der Waals surface area (Å²) in [5.41, 5.74) is 9.39.